The van der Waals surface area contributed by atoms with Crippen LogP contribution in [0.1, 0.15) is 36.9 Å². The fraction of sp³-hybridized carbons (Fsp3) is 0.700. The average molecular weight is 332 g/mol. The topological polar surface area (TPSA) is 27.7 Å². The highest BCUT2D eigenvalue weighted by Crippen LogP contribution is 2.20. The molecule has 2 heterocycles. The first kappa shape index (κ1) is 17.9. The number of nitrogens with one attached hydrogen (secondary N) is 1. The van der Waals surface area contributed by atoms with Crippen LogP contribution in [0.4, 0.5) is 0 Å². The summed E-state index contributed by atoms with van der Waals surface area (Å²) in [6.45, 7) is 9.56. The lowest BCUT2D eigenvalue weighted by Gasteiger charge is -2.36. The van der Waals surface area contributed by atoms with Gasteiger partial charge in [0.2, 0.25) is 0 Å². The van der Waals surface area contributed by atoms with Crippen LogP contribution in [0.2, 0.25) is 0 Å². The molecule has 0 aliphatic carbocycles. The van der Waals surface area contributed by atoms with Crippen LogP contribution in [0, 0.1) is 0 Å². The van der Waals surface area contributed by atoms with Crippen molar-refractivity contribution in [2.75, 3.05) is 53.0 Å². The van der Waals surface area contributed by atoms with E-state index in [0.717, 1.165) is 39.3 Å². The van der Waals surface area contributed by atoms with Crippen LogP contribution in [-0.4, -0.2) is 68.8 Å². The second-order valence-electron chi connectivity index (χ2n) is 7.30. The Labute approximate surface area is 147 Å². The molecule has 0 bridgehead atoms. The summed E-state index contributed by atoms with van der Waals surface area (Å²) in [6, 6.07) is 10.3. The van der Waals surface area contributed by atoms with Gasteiger partial charge >= 0.3 is 0 Å². The number of hydrogen-bond acceptors (Lipinski definition) is 4. The predicted molar refractivity (Wildman–Crippen MR) is 99.5 cm³/mol. The van der Waals surface area contributed by atoms with Gasteiger partial charge in [0.15, 0.2) is 0 Å². The Bertz CT molecular complexity index is 476. The molecule has 24 heavy (non-hydrogen) atoms. The smallest absolute Gasteiger partial charge is 0.0594 e. The first-order chi connectivity index (χ1) is 11.7. The molecule has 3 rings (SSSR count). The number of benzene rings is 1. The van der Waals surface area contributed by atoms with Gasteiger partial charge in [-0.1, -0.05) is 31.2 Å². The van der Waals surface area contributed by atoms with Gasteiger partial charge in [-0.25, -0.2) is 0 Å². The third-order valence-corrected chi connectivity index (χ3v) is 5.49. The summed E-state index contributed by atoms with van der Waals surface area (Å²) in [5.41, 5.74) is 2.85. The Morgan fingerprint density at radius 3 is 2.38 bits per heavy atom. The number of likely N-dealkylation sites (tertiary alicyclic amines) is 1. The Morgan fingerprint density at radius 2 is 1.75 bits per heavy atom. The minimum absolute atomic E-state index is 0.419. The van der Waals surface area contributed by atoms with Gasteiger partial charge in [-0.3, -0.25) is 4.90 Å². The Morgan fingerprint density at radius 1 is 1.08 bits per heavy atom. The van der Waals surface area contributed by atoms with E-state index in [9.17, 15) is 0 Å². The van der Waals surface area contributed by atoms with Gasteiger partial charge in [0.05, 0.1) is 13.2 Å². The molecule has 0 spiro atoms. The largest absolute Gasteiger partial charge is 0.379 e. The fourth-order valence-corrected chi connectivity index (χ4v) is 3.74. The van der Waals surface area contributed by atoms with Crippen molar-refractivity contribution < 1.29 is 4.74 Å². The van der Waals surface area contributed by atoms with Crippen LogP contribution in [0.15, 0.2) is 24.3 Å². The lowest BCUT2D eigenvalue weighted by Crippen LogP contribution is -2.47. The van der Waals surface area contributed by atoms with Crippen LogP contribution < -0.4 is 5.32 Å². The molecule has 0 aromatic heterocycles. The zero-order valence-electron chi connectivity index (χ0n) is 15.3. The molecule has 0 unspecified atom stereocenters. The van der Waals surface area contributed by atoms with Gasteiger partial charge in [0.25, 0.3) is 0 Å². The Kier molecular flexibility index (Phi) is 6.67. The monoisotopic (exact) mass is 331 g/mol. The van der Waals surface area contributed by atoms with Crippen molar-refractivity contribution in [1.29, 1.82) is 0 Å². The molecule has 2 aliphatic rings. The van der Waals surface area contributed by atoms with Gasteiger partial charge in [-0.05, 0) is 50.5 Å². The zero-order chi connectivity index (χ0) is 16.8. The molecule has 0 radical (unpaired) electrons. The molecule has 1 aromatic carbocycles. The van der Waals surface area contributed by atoms with Crippen LogP contribution >= 0.6 is 0 Å². The third kappa shape index (κ3) is 5.03. The highest BCUT2D eigenvalue weighted by atomic mass is 16.5. The number of aryl methyl sites for hydroxylation is 1. The highest BCUT2D eigenvalue weighted by Gasteiger charge is 2.23. The summed E-state index contributed by atoms with van der Waals surface area (Å²) in [7, 11) is 2.23. The molecule has 1 N–H and O–H groups in total. The number of nitrogens with zero attached hydrogens (tertiary/aromatic N) is 2. The van der Waals surface area contributed by atoms with Crippen LogP contribution in [-0.2, 0) is 11.2 Å². The van der Waals surface area contributed by atoms with Crippen molar-refractivity contribution in [2.45, 2.75) is 38.3 Å². The molecule has 2 aliphatic heterocycles. The van der Waals surface area contributed by atoms with Gasteiger partial charge in [0, 0.05) is 31.7 Å². The summed E-state index contributed by atoms with van der Waals surface area (Å²) in [5, 5.41) is 3.97. The van der Waals surface area contributed by atoms with Crippen LogP contribution in [0.5, 0.6) is 0 Å². The van der Waals surface area contributed by atoms with E-state index >= 15 is 0 Å². The van der Waals surface area contributed by atoms with Crippen molar-refractivity contribution >= 4 is 0 Å². The van der Waals surface area contributed by atoms with E-state index < -0.39 is 0 Å². The van der Waals surface area contributed by atoms with E-state index in [4.69, 9.17) is 4.74 Å². The van der Waals surface area contributed by atoms with Gasteiger partial charge < -0.3 is 15.0 Å². The summed E-state index contributed by atoms with van der Waals surface area (Å²) in [5.74, 6) is 0. The molecule has 1 aromatic rings. The van der Waals surface area contributed by atoms with Gasteiger partial charge in [-0.2, -0.15) is 0 Å². The highest BCUT2D eigenvalue weighted by molar-refractivity contribution is 5.25. The number of hydrogen-bond donors (Lipinski definition) is 1. The van der Waals surface area contributed by atoms with E-state index in [1.165, 1.54) is 37.1 Å². The standard InChI is InChI=1S/C20H33N3O/c1-3-17-4-6-18(7-5-17)20(16-23-12-14-24-15-13-23)21-19-8-10-22(2)11-9-19/h4-7,19-21H,3,8-16H2,1-2H3/t20-/m1/s1. The maximum atomic E-state index is 5.51. The first-order valence-electron chi connectivity index (χ1n) is 9.58. The molecule has 2 saturated heterocycles. The van der Waals surface area contributed by atoms with Crippen molar-refractivity contribution in [3.8, 4) is 0 Å². The van der Waals surface area contributed by atoms with E-state index in [1.807, 2.05) is 0 Å². The molecule has 4 nitrogen and oxygen atoms in total. The molecular weight excluding hydrogens is 298 g/mol. The second kappa shape index (κ2) is 8.95. The second-order valence-corrected chi connectivity index (χ2v) is 7.30. The molecular formula is C20H33N3O. The number of ether oxygens (including phenoxy) is 1. The SMILES string of the molecule is CCc1ccc([C@@H](CN2CCOCC2)NC2CCN(C)CC2)cc1. The molecule has 2 fully saturated rings. The first-order valence-corrected chi connectivity index (χ1v) is 9.58. The van der Waals surface area contributed by atoms with E-state index in [2.05, 4.69) is 53.4 Å². The number of rotatable bonds is 6. The molecule has 134 valence electrons. The Hall–Kier alpha value is -0.940. The Balaban J connectivity index is 1.66. The third-order valence-electron chi connectivity index (χ3n) is 5.49. The lowest BCUT2D eigenvalue weighted by molar-refractivity contribution is 0.0322. The summed E-state index contributed by atoms with van der Waals surface area (Å²) < 4.78 is 5.51. The minimum atomic E-state index is 0.419. The van der Waals surface area contributed by atoms with Crippen LogP contribution in [0.25, 0.3) is 0 Å². The van der Waals surface area contributed by atoms with Gasteiger partial charge in [0.1, 0.15) is 0 Å². The minimum Gasteiger partial charge on any atom is -0.379 e. The van der Waals surface area contributed by atoms with Crippen molar-refractivity contribution in [2.24, 2.45) is 0 Å². The average Bonchev–Trinajstić information content (AvgIpc) is 2.64. The van der Waals surface area contributed by atoms with E-state index in [-0.39, 0.29) is 0 Å². The number of piperidine rings is 1. The van der Waals surface area contributed by atoms with E-state index in [1.54, 1.807) is 0 Å². The zero-order valence-corrected chi connectivity index (χ0v) is 15.3. The molecule has 0 saturated carbocycles. The van der Waals surface area contributed by atoms with Crippen molar-refractivity contribution in [3.63, 3.8) is 0 Å². The van der Waals surface area contributed by atoms with Crippen molar-refractivity contribution in [3.05, 3.63) is 35.4 Å². The van der Waals surface area contributed by atoms with Gasteiger partial charge in [-0.15, -0.1) is 0 Å². The molecule has 0 amide bonds. The predicted octanol–water partition coefficient (Wildman–Crippen LogP) is 2.31. The van der Waals surface area contributed by atoms with Crippen molar-refractivity contribution in [1.82, 2.24) is 15.1 Å². The van der Waals surface area contributed by atoms with Crippen LogP contribution in [0.3, 0.4) is 0 Å². The summed E-state index contributed by atoms with van der Waals surface area (Å²) in [6.07, 6.45) is 3.61. The molecule has 4 heteroatoms. The normalized spacial score (nSPS) is 22.6. The number of morpholine rings is 1. The quantitative estimate of drug-likeness (QED) is 0.866. The fourth-order valence-electron chi connectivity index (χ4n) is 3.74. The maximum absolute atomic E-state index is 5.51. The van der Waals surface area contributed by atoms with E-state index in [0.29, 0.717) is 12.1 Å². The molecule has 1 atom stereocenters. The lowest BCUT2D eigenvalue weighted by atomic mass is 9.99. The maximum Gasteiger partial charge on any atom is 0.0594 e. The summed E-state index contributed by atoms with van der Waals surface area (Å²) >= 11 is 0. The summed E-state index contributed by atoms with van der Waals surface area (Å²) in [4.78, 5) is 4.98.